The minimum Gasteiger partial charge on any atom is -0.396 e. The molecule has 2 N–H and O–H groups in total. The Morgan fingerprint density at radius 3 is 2.60 bits per heavy atom. The van der Waals surface area contributed by atoms with Crippen LogP contribution in [0.15, 0.2) is 11.1 Å². The Bertz CT molecular complexity index is 696. The van der Waals surface area contributed by atoms with Crippen molar-refractivity contribution in [1.82, 2.24) is 0 Å². The average molecular weight is 417 g/mol. The minimum absolute atomic E-state index is 0.0717. The normalized spacial score (nSPS) is 43.1. The van der Waals surface area contributed by atoms with Gasteiger partial charge in [0.15, 0.2) is 5.78 Å². The summed E-state index contributed by atoms with van der Waals surface area (Å²) in [5.41, 5.74) is 3.14. The van der Waals surface area contributed by atoms with Gasteiger partial charge in [-0.2, -0.15) is 0 Å². The van der Waals surface area contributed by atoms with Crippen LogP contribution in [0.25, 0.3) is 0 Å². The van der Waals surface area contributed by atoms with Gasteiger partial charge in [0, 0.05) is 18.6 Å². The summed E-state index contributed by atoms with van der Waals surface area (Å²) in [7, 11) is 0. The third-order valence-corrected chi connectivity index (χ3v) is 10.2. The Hall–Kier alpha value is -0.670. The van der Waals surface area contributed by atoms with E-state index in [9.17, 15) is 15.0 Å². The molecule has 0 aromatic rings. The Kier molecular flexibility index (Phi) is 6.27. The molecule has 0 bridgehead atoms. The van der Waals surface area contributed by atoms with Crippen molar-refractivity contribution < 1.29 is 15.0 Å². The van der Waals surface area contributed by atoms with Crippen LogP contribution in [-0.4, -0.2) is 28.7 Å². The molecule has 0 spiro atoms. The van der Waals surface area contributed by atoms with Gasteiger partial charge in [0.25, 0.3) is 0 Å². The summed E-state index contributed by atoms with van der Waals surface area (Å²) in [5.74, 6) is 3.08. The predicted molar refractivity (Wildman–Crippen MR) is 121 cm³/mol. The first-order valence-electron chi connectivity index (χ1n) is 12.8. The van der Waals surface area contributed by atoms with Gasteiger partial charge in [-0.15, -0.1) is 0 Å². The summed E-state index contributed by atoms with van der Waals surface area (Å²) < 4.78 is 0. The van der Waals surface area contributed by atoms with Crippen LogP contribution in [0.3, 0.4) is 0 Å². The predicted octanol–water partition coefficient (Wildman–Crippen LogP) is 5.68. The molecule has 8 atom stereocenters. The second-order valence-corrected chi connectivity index (χ2v) is 12.0. The zero-order chi connectivity index (χ0) is 21.7. The van der Waals surface area contributed by atoms with Crippen LogP contribution in [0, 0.1) is 40.4 Å². The van der Waals surface area contributed by atoms with Crippen molar-refractivity contribution in [2.45, 2.75) is 104 Å². The Labute approximate surface area is 183 Å². The van der Waals surface area contributed by atoms with E-state index in [0.29, 0.717) is 35.4 Å². The lowest BCUT2D eigenvalue weighted by Gasteiger charge is -2.56. The molecule has 3 saturated carbocycles. The number of hydrogen-bond acceptors (Lipinski definition) is 3. The molecule has 0 aliphatic heterocycles. The van der Waals surface area contributed by atoms with Gasteiger partial charge >= 0.3 is 0 Å². The third kappa shape index (κ3) is 3.62. The maximum atomic E-state index is 13.4. The first-order chi connectivity index (χ1) is 14.2. The van der Waals surface area contributed by atoms with Crippen LogP contribution in [-0.2, 0) is 4.79 Å². The number of carbonyl (C=O) groups is 1. The van der Waals surface area contributed by atoms with Gasteiger partial charge in [-0.1, -0.05) is 46.1 Å². The molecule has 3 fully saturated rings. The molecule has 3 unspecified atom stereocenters. The smallest absolute Gasteiger partial charge is 0.159 e. The van der Waals surface area contributed by atoms with Gasteiger partial charge in [0.05, 0.1) is 6.10 Å². The number of aliphatic hydroxyl groups excluding tert-OH is 2. The molecule has 0 aromatic heterocycles. The summed E-state index contributed by atoms with van der Waals surface area (Å²) in [6.07, 6.45) is 11.7. The van der Waals surface area contributed by atoms with Crippen molar-refractivity contribution in [3.8, 4) is 0 Å². The van der Waals surface area contributed by atoms with Crippen LogP contribution in [0.2, 0.25) is 0 Å². The molecule has 0 aromatic carbocycles. The summed E-state index contributed by atoms with van der Waals surface area (Å²) in [5, 5.41) is 19.5. The first kappa shape index (κ1) is 22.5. The highest BCUT2D eigenvalue weighted by Crippen LogP contribution is 2.65. The van der Waals surface area contributed by atoms with E-state index in [2.05, 4.69) is 27.7 Å². The summed E-state index contributed by atoms with van der Waals surface area (Å²) in [4.78, 5) is 13.4. The standard InChI is InChI=1S/C27H44O3/c1-17(16-28)6-5-7-18(2)23-15-24(30)25-21-9-8-19-14-20(29)10-12-26(19,3)22(21)11-13-27(23,25)4/h17-20,22-23,28-29H,5-16H2,1-4H3/t17?,18-,19?,20?,22+,23-,26+,27-/m1/s1. The monoisotopic (exact) mass is 416 g/mol. The van der Waals surface area contributed by atoms with E-state index < -0.39 is 0 Å². The van der Waals surface area contributed by atoms with Crippen LogP contribution in [0.1, 0.15) is 98.3 Å². The second kappa shape index (κ2) is 8.35. The lowest BCUT2D eigenvalue weighted by molar-refractivity contribution is -0.115. The number of rotatable bonds is 6. The van der Waals surface area contributed by atoms with E-state index in [1.807, 2.05) is 0 Å². The SMILES string of the molecule is CC(CO)CCC[C@@H](C)[C@H]1CC(=O)C2=C3CCC4CC(O)CC[C@]4(C)[C@H]3CC[C@@]21C. The summed E-state index contributed by atoms with van der Waals surface area (Å²) in [6.45, 7) is 9.65. The molecule has 4 aliphatic carbocycles. The molecule has 30 heavy (non-hydrogen) atoms. The van der Waals surface area contributed by atoms with Gasteiger partial charge in [-0.05, 0) is 91.8 Å². The fourth-order valence-electron chi connectivity index (χ4n) is 8.25. The lowest BCUT2D eigenvalue weighted by Crippen LogP contribution is -2.48. The molecule has 4 aliphatic rings. The third-order valence-electron chi connectivity index (χ3n) is 10.2. The fourth-order valence-corrected chi connectivity index (χ4v) is 8.25. The molecule has 170 valence electrons. The molecular weight excluding hydrogens is 372 g/mol. The van der Waals surface area contributed by atoms with Gasteiger partial charge in [-0.3, -0.25) is 4.79 Å². The minimum atomic E-state index is -0.113. The van der Waals surface area contributed by atoms with E-state index >= 15 is 0 Å². The molecule has 3 nitrogen and oxygen atoms in total. The maximum Gasteiger partial charge on any atom is 0.159 e. The number of ketones is 1. The van der Waals surface area contributed by atoms with E-state index in [1.165, 1.54) is 24.0 Å². The number of carbonyl (C=O) groups excluding carboxylic acids is 1. The molecule has 3 heteroatoms. The van der Waals surface area contributed by atoms with Gasteiger partial charge in [-0.25, -0.2) is 0 Å². The number of aliphatic hydroxyl groups is 2. The van der Waals surface area contributed by atoms with Gasteiger partial charge < -0.3 is 10.2 Å². The maximum absolute atomic E-state index is 13.4. The van der Waals surface area contributed by atoms with Gasteiger partial charge in [0.1, 0.15) is 0 Å². The number of allylic oxidation sites excluding steroid dienone is 2. The first-order valence-corrected chi connectivity index (χ1v) is 12.8. The van der Waals surface area contributed by atoms with E-state index in [0.717, 1.165) is 57.8 Å². The van der Waals surface area contributed by atoms with Crippen molar-refractivity contribution in [2.24, 2.45) is 40.4 Å². The topological polar surface area (TPSA) is 57.5 Å². The lowest BCUT2D eigenvalue weighted by atomic mass is 9.48. The Balaban J connectivity index is 1.56. The van der Waals surface area contributed by atoms with Crippen molar-refractivity contribution >= 4 is 5.78 Å². The highest BCUT2D eigenvalue weighted by molar-refractivity contribution is 6.00. The zero-order valence-electron chi connectivity index (χ0n) is 19.8. The van der Waals surface area contributed by atoms with Crippen molar-refractivity contribution in [3.63, 3.8) is 0 Å². The van der Waals surface area contributed by atoms with Crippen molar-refractivity contribution in [1.29, 1.82) is 0 Å². The van der Waals surface area contributed by atoms with Crippen LogP contribution < -0.4 is 0 Å². The van der Waals surface area contributed by atoms with Crippen LogP contribution in [0.5, 0.6) is 0 Å². The van der Waals surface area contributed by atoms with Crippen molar-refractivity contribution in [3.05, 3.63) is 11.1 Å². The largest absolute Gasteiger partial charge is 0.396 e. The fraction of sp³-hybridized carbons (Fsp3) is 0.889. The van der Waals surface area contributed by atoms with E-state index in [-0.39, 0.29) is 23.5 Å². The molecule has 0 heterocycles. The van der Waals surface area contributed by atoms with Crippen LogP contribution >= 0.6 is 0 Å². The second-order valence-electron chi connectivity index (χ2n) is 12.0. The highest BCUT2D eigenvalue weighted by atomic mass is 16.3. The number of fused-ring (bicyclic) bond motifs is 4. The Morgan fingerprint density at radius 1 is 1.10 bits per heavy atom. The van der Waals surface area contributed by atoms with Crippen molar-refractivity contribution in [2.75, 3.05) is 6.61 Å². The summed E-state index contributed by atoms with van der Waals surface area (Å²) >= 11 is 0. The Morgan fingerprint density at radius 2 is 1.87 bits per heavy atom. The molecule has 0 saturated heterocycles. The van der Waals surface area contributed by atoms with E-state index in [4.69, 9.17) is 0 Å². The number of Topliss-reactive ketones (excluding diaryl/α,β-unsaturated/α-hetero) is 1. The molecule has 0 amide bonds. The quantitative estimate of drug-likeness (QED) is 0.585. The molecule has 4 rings (SSSR count). The molecule has 0 radical (unpaired) electrons. The van der Waals surface area contributed by atoms with E-state index in [1.54, 1.807) is 0 Å². The average Bonchev–Trinajstić information content (AvgIpc) is 2.99. The highest BCUT2D eigenvalue weighted by Gasteiger charge is 2.57. The van der Waals surface area contributed by atoms with Crippen LogP contribution in [0.4, 0.5) is 0 Å². The van der Waals surface area contributed by atoms with Gasteiger partial charge in [0.2, 0.25) is 0 Å². The number of hydrogen-bond donors (Lipinski definition) is 2. The summed E-state index contributed by atoms with van der Waals surface area (Å²) in [6, 6.07) is 0. The molecular formula is C27H44O3. The zero-order valence-corrected chi connectivity index (χ0v) is 19.8.